The fourth-order valence-corrected chi connectivity index (χ4v) is 8.30. The zero-order valence-electron chi connectivity index (χ0n) is 17.2. The van der Waals surface area contributed by atoms with Gasteiger partial charge >= 0.3 is 0 Å². The van der Waals surface area contributed by atoms with Crippen LogP contribution in [0.25, 0.3) is 5.70 Å². The standard InChI is InChI=1S/C24H33ClNO3/c1-23-7-5-16(28)11-15(23)12-20(29)21-17(23)6-8-24(14-27)18(21)13-19(25)22(24)26-9-3-2-4-10-26/h2-4,9-10,15-18,20-21,27-29H,5-8,11-14H2,1H3/q+1. The molecule has 1 aromatic heterocycles. The van der Waals surface area contributed by atoms with Gasteiger partial charge in [0.15, 0.2) is 12.4 Å². The molecule has 4 aliphatic rings. The van der Waals surface area contributed by atoms with Crippen LogP contribution in [0.3, 0.4) is 0 Å². The first-order chi connectivity index (χ1) is 13.9. The molecular formula is C24H33ClNO3+. The fraction of sp³-hybridized carbons (Fsp3) is 0.708. The summed E-state index contributed by atoms with van der Waals surface area (Å²) in [7, 11) is 0. The van der Waals surface area contributed by atoms with E-state index in [1.807, 2.05) is 30.6 Å². The van der Waals surface area contributed by atoms with E-state index in [2.05, 4.69) is 11.5 Å². The van der Waals surface area contributed by atoms with Crippen molar-refractivity contribution in [2.24, 2.45) is 34.5 Å². The molecule has 3 fully saturated rings. The zero-order valence-corrected chi connectivity index (χ0v) is 17.9. The third-order valence-corrected chi connectivity index (χ3v) is 9.58. The molecule has 0 aliphatic heterocycles. The Bertz CT molecular complexity index is 814. The first-order valence-corrected chi connectivity index (χ1v) is 11.6. The number of nitrogens with zero attached hydrogens (tertiary/aromatic N) is 1. The van der Waals surface area contributed by atoms with Gasteiger partial charge in [0.2, 0.25) is 5.70 Å². The van der Waals surface area contributed by atoms with Crippen molar-refractivity contribution in [1.29, 1.82) is 0 Å². The molecule has 0 saturated heterocycles. The maximum absolute atomic E-state index is 11.3. The van der Waals surface area contributed by atoms with Gasteiger partial charge in [0.1, 0.15) is 0 Å². The van der Waals surface area contributed by atoms with Gasteiger partial charge in [-0.3, -0.25) is 0 Å². The van der Waals surface area contributed by atoms with Crippen LogP contribution in [0.15, 0.2) is 35.6 Å². The lowest BCUT2D eigenvalue weighted by molar-refractivity contribution is -0.591. The van der Waals surface area contributed by atoms with Gasteiger partial charge in [-0.2, -0.15) is 4.57 Å². The average Bonchev–Trinajstić information content (AvgIpc) is 3.02. The smallest absolute Gasteiger partial charge is 0.210 e. The van der Waals surface area contributed by atoms with Crippen molar-refractivity contribution in [1.82, 2.24) is 0 Å². The summed E-state index contributed by atoms with van der Waals surface area (Å²) < 4.78 is 2.08. The number of hydrogen-bond donors (Lipinski definition) is 3. The minimum Gasteiger partial charge on any atom is -0.395 e. The lowest BCUT2D eigenvalue weighted by Gasteiger charge is -2.61. The maximum Gasteiger partial charge on any atom is 0.210 e. The van der Waals surface area contributed by atoms with Crippen LogP contribution in [0.1, 0.15) is 51.9 Å². The summed E-state index contributed by atoms with van der Waals surface area (Å²) in [4.78, 5) is 0. The molecule has 0 radical (unpaired) electrons. The van der Waals surface area contributed by atoms with Crippen LogP contribution in [0.4, 0.5) is 0 Å². The highest BCUT2D eigenvalue weighted by atomic mass is 35.5. The van der Waals surface area contributed by atoms with E-state index in [1.54, 1.807) is 0 Å². The summed E-state index contributed by atoms with van der Waals surface area (Å²) in [6.45, 7) is 2.47. The van der Waals surface area contributed by atoms with Crippen LogP contribution < -0.4 is 4.57 Å². The van der Waals surface area contributed by atoms with Crippen molar-refractivity contribution in [3.63, 3.8) is 0 Å². The molecule has 0 spiro atoms. The van der Waals surface area contributed by atoms with Gasteiger partial charge in [-0.15, -0.1) is 0 Å². The predicted octanol–water partition coefficient (Wildman–Crippen LogP) is 3.34. The van der Waals surface area contributed by atoms with Crippen LogP contribution in [-0.4, -0.2) is 34.1 Å². The van der Waals surface area contributed by atoms with Gasteiger partial charge in [-0.05, 0) is 74.0 Å². The SMILES string of the molecule is CC12CCC(O)CC1CC(O)C1C3CC(Cl)=C([n+]4ccccc4)C3(CO)CCC12. The summed E-state index contributed by atoms with van der Waals surface area (Å²) in [5.41, 5.74) is 0.812. The molecule has 4 nitrogen and oxygen atoms in total. The molecule has 8 unspecified atom stereocenters. The third-order valence-electron chi connectivity index (χ3n) is 9.25. The van der Waals surface area contributed by atoms with E-state index in [0.717, 1.165) is 55.7 Å². The van der Waals surface area contributed by atoms with Crippen molar-refractivity contribution in [2.45, 2.75) is 64.1 Å². The van der Waals surface area contributed by atoms with Crippen LogP contribution in [0.2, 0.25) is 0 Å². The second-order valence-electron chi connectivity index (χ2n) is 10.3. The molecule has 0 amide bonds. The average molecular weight is 419 g/mol. The second-order valence-corrected chi connectivity index (χ2v) is 10.8. The first-order valence-electron chi connectivity index (χ1n) is 11.2. The minimum atomic E-state index is -0.386. The Balaban J connectivity index is 1.54. The number of hydrogen-bond acceptors (Lipinski definition) is 3. The number of aromatic nitrogens is 1. The summed E-state index contributed by atoms with van der Waals surface area (Å²) in [5.74, 6) is 1.14. The van der Waals surface area contributed by atoms with Crippen molar-refractivity contribution in [3.8, 4) is 0 Å². The molecule has 29 heavy (non-hydrogen) atoms. The van der Waals surface area contributed by atoms with E-state index in [-0.39, 0.29) is 41.5 Å². The van der Waals surface area contributed by atoms with E-state index in [0.29, 0.717) is 11.8 Å². The highest BCUT2D eigenvalue weighted by Crippen LogP contribution is 2.67. The van der Waals surface area contributed by atoms with Gasteiger partial charge in [0.05, 0.1) is 29.3 Å². The molecule has 158 valence electrons. The third kappa shape index (κ3) is 2.79. The molecule has 1 heterocycles. The summed E-state index contributed by atoms with van der Waals surface area (Å²) in [5, 5.41) is 33.1. The summed E-state index contributed by atoms with van der Waals surface area (Å²) in [6, 6.07) is 5.98. The van der Waals surface area contributed by atoms with Gasteiger partial charge in [0.25, 0.3) is 0 Å². The molecule has 1 aromatic rings. The van der Waals surface area contributed by atoms with Crippen molar-refractivity contribution < 1.29 is 19.9 Å². The molecule has 3 saturated carbocycles. The maximum atomic E-state index is 11.3. The second kappa shape index (κ2) is 7.05. The number of aliphatic hydroxyl groups is 3. The lowest BCUT2D eigenvalue weighted by Crippen LogP contribution is -2.60. The van der Waals surface area contributed by atoms with E-state index in [1.165, 1.54) is 0 Å². The topological polar surface area (TPSA) is 64.6 Å². The predicted molar refractivity (Wildman–Crippen MR) is 112 cm³/mol. The molecule has 5 heteroatoms. The van der Waals surface area contributed by atoms with Crippen molar-refractivity contribution in [2.75, 3.05) is 6.61 Å². The number of aliphatic hydroxyl groups excluding tert-OH is 3. The van der Waals surface area contributed by atoms with E-state index in [9.17, 15) is 15.3 Å². The number of rotatable bonds is 2. The Hall–Kier alpha value is -0.940. The molecule has 3 N–H and O–H groups in total. The van der Waals surface area contributed by atoms with E-state index < -0.39 is 0 Å². The Morgan fingerprint density at radius 3 is 2.55 bits per heavy atom. The Morgan fingerprint density at radius 1 is 1.07 bits per heavy atom. The minimum absolute atomic E-state index is 0.0694. The Labute approximate surface area is 178 Å². The highest BCUT2D eigenvalue weighted by Gasteiger charge is 2.65. The summed E-state index contributed by atoms with van der Waals surface area (Å²) >= 11 is 6.86. The Kier molecular flexibility index (Phi) is 4.86. The monoisotopic (exact) mass is 418 g/mol. The fourth-order valence-electron chi connectivity index (χ4n) is 7.85. The number of pyridine rings is 1. The van der Waals surface area contributed by atoms with Crippen molar-refractivity contribution >= 4 is 17.3 Å². The van der Waals surface area contributed by atoms with Crippen molar-refractivity contribution in [3.05, 3.63) is 35.6 Å². The zero-order chi connectivity index (χ0) is 20.4. The molecule has 8 atom stereocenters. The molecule has 0 bridgehead atoms. The molecule has 4 aliphatic carbocycles. The van der Waals surface area contributed by atoms with Crippen LogP contribution in [0.5, 0.6) is 0 Å². The lowest BCUT2D eigenvalue weighted by atomic mass is 9.44. The first kappa shape index (κ1) is 20.0. The largest absolute Gasteiger partial charge is 0.395 e. The van der Waals surface area contributed by atoms with Crippen LogP contribution >= 0.6 is 11.6 Å². The highest BCUT2D eigenvalue weighted by molar-refractivity contribution is 6.32. The van der Waals surface area contributed by atoms with Crippen LogP contribution in [-0.2, 0) is 0 Å². The molecular weight excluding hydrogens is 386 g/mol. The number of halogens is 1. The number of allylic oxidation sites excluding steroid dienone is 1. The van der Waals surface area contributed by atoms with E-state index >= 15 is 0 Å². The molecule has 0 aromatic carbocycles. The Morgan fingerprint density at radius 2 is 1.83 bits per heavy atom. The van der Waals surface area contributed by atoms with Gasteiger partial charge in [0, 0.05) is 12.1 Å². The quantitative estimate of drug-likeness (QED) is 0.645. The normalized spacial score (nSPS) is 46.8. The van der Waals surface area contributed by atoms with Gasteiger partial charge in [-0.1, -0.05) is 24.6 Å². The van der Waals surface area contributed by atoms with E-state index in [4.69, 9.17) is 11.6 Å². The number of fused-ring (bicyclic) bond motifs is 5. The summed E-state index contributed by atoms with van der Waals surface area (Å²) in [6.07, 6.45) is 9.55. The van der Waals surface area contributed by atoms with Gasteiger partial charge < -0.3 is 15.3 Å². The van der Waals surface area contributed by atoms with Gasteiger partial charge in [-0.25, -0.2) is 0 Å². The van der Waals surface area contributed by atoms with Crippen LogP contribution in [0, 0.1) is 34.5 Å². The molecule has 5 rings (SSSR count).